The molecular weight excluding hydrogens is 403 g/mol. The molecule has 2 aromatic rings. The van der Waals surface area contributed by atoms with E-state index in [-0.39, 0.29) is 42.7 Å². The fourth-order valence-electron chi connectivity index (χ4n) is 3.78. The first-order valence-electron chi connectivity index (χ1n) is 10.4. The molecule has 0 N–H and O–H groups in total. The molecule has 1 aromatic heterocycles. The monoisotopic (exact) mass is 432 g/mol. The van der Waals surface area contributed by atoms with Crippen LogP contribution in [0, 0.1) is 11.7 Å². The van der Waals surface area contributed by atoms with E-state index in [0.29, 0.717) is 19.5 Å². The number of carbonyl (C=O) groups is 2. The largest absolute Gasteiger partial charge is 0.488 e. The van der Waals surface area contributed by atoms with Gasteiger partial charge < -0.3 is 14.5 Å². The number of thiophene rings is 1. The minimum atomic E-state index is -0.423. The Morgan fingerprint density at radius 3 is 2.77 bits per heavy atom. The number of halogens is 1. The van der Waals surface area contributed by atoms with Crippen LogP contribution in [0.25, 0.3) is 0 Å². The highest BCUT2D eigenvalue weighted by Crippen LogP contribution is 2.34. The van der Waals surface area contributed by atoms with Crippen LogP contribution in [-0.2, 0) is 16.0 Å². The van der Waals surface area contributed by atoms with Crippen LogP contribution in [0.2, 0.25) is 0 Å². The fourth-order valence-corrected chi connectivity index (χ4v) is 4.71. The zero-order valence-corrected chi connectivity index (χ0v) is 18.6. The predicted octanol–water partition coefficient (Wildman–Crippen LogP) is 4.29. The molecule has 0 saturated carbocycles. The second-order valence-electron chi connectivity index (χ2n) is 7.92. The lowest BCUT2D eigenvalue weighted by molar-refractivity contribution is -0.143. The average molecular weight is 433 g/mol. The standard InChI is InChI=1S/C23H29FN2O3S/c1-4-22(27)25(13-16(2)3)14-23(28)26-11-9-21-17(10-12-30-21)19(26)15-29-20-8-6-5-7-18(20)24/h5-8,10,12,16,19H,4,9,11,13-15H2,1-3H3. The van der Waals surface area contributed by atoms with Crippen molar-refractivity contribution in [3.05, 3.63) is 52.0 Å². The van der Waals surface area contributed by atoms with Gasteiger partial charge in [-0.1, -0.05) is 32.9 Å². The first-order valence-corrected chi connectivity index (χ1v) is 11.3. The summed E-state index contributed by atoms with van der Waals surface area (Å²) in [4.78, 5) is 30.2. The predicted molar refractivity (Wildman–Crippen MR) is 116 cm³/mol. The number of ether oxygens (including phenoxy) is 1. The number of para-hydroxylation sites is 1. The molecule has 1 aliphatic heterocycles. The minimum absolute atomic E-state index is 0.0237. The van der Waals surface area contributed by atoms with Gasteiger partial charge in [0.1, 0.15) is 6.61 Å². The zero-order valence-electron chi connectivity index (χ0n) is 17.8. The minimum Gasteiger partial charge on any atom is -0.488 e. The van der Waals surface area contributed by atoms with Gasteiger partial charge in [-0.3, -0.25) is 9.59 Å². The van der Waals surface area contributed by atoms with Crippen LogP contribution in [0.3, 0.4) is 0 Å². The number of hydrogen-bond acceptors (Lipinski definition) is 4. The van der Waals surface area contributed by atoms with Gasteiger partial charge in [0, 0.05) is 24.4 Å². The van der Waals surface area contributed by atoms with Gasteiger partial charge in [-0.05, 0) is 41.5 Å². The van der Waals surface area contributed by atoms with Crippen LogP contribution in [0.1, 0.15) is 43.7 Å². The maximum atomic E-state index is 14.0. The van der Waals surface area contributed by atoms with Gasteiger partial charge >= 0.3 is 0 Å². The quantitative estimate of drug-likeness (QED) is 0.625. The van der Waals surface area contributed by atoms with Crippen LogP contribution < -0.4 is 4.74 Å². The zero-order chi connectivity index (χ0) is 21.7. The second-order valence-corrected chi connectivity index (χ2v) is 8.92. The second kappa shape index (κ2) is 10.1. The Hall–Kier alpha value is -2.41. The molecule has 0 spiro atoms. The molecule has 0 radical (unpaired) electrons. The highest BCUT2D eigenvalue weighted by atomic mass is 32.1. The highest BCUT2D eigenvalue weighted by molar-refractivity contribution is 7.10. The van der Waals surface area contributed by atoms with E-state index < -0.39 is 5.82 Å². The smallest absolute Gasteiger partial charge is 0.242 e. The molecule has 2 amide bonds. The Balaban J connectivity index is 1.78. The first-order chi connectivity index (χ1) is 14.4. The molecule has 7 heteroatoms. The van der Waals surface area contributed by atoms with Gasteiger partial charge in [-0.2, -0.15) is 0 Å². The van der Waals surface area contributed by atoms with E-state index in [9.17, 15) is 14.0 Å². The fraction of sp³-hybridized carbons (Fsp3) is 0.478. The van der Waals surface area contributed by atoms with Crippen molar-refractivity contribution in [2.45, 2.75) is 39.7 Å². The van der Waals surface area contributed by atoms with Gasteiger partial charge in [0.05, 0.1) is 12.6 Å². The third-order valence-electron chi connectivity index (χ3n) is 5.22. The number of rotatable bonds is 8. The first kappa shape index (κ1) is 22.3. The van der Waals surface area contributed by atoms with Crippen LogP contribution in [0.5, 0.6) is 5.75 Å². The molecule has 30 heavy (non-hydrogen) atoms. The van der Waals surface area contributed by atoms with Gasteiger partial charge in [0.25, 0.3) is 0 Å². The van der Waals surface area contributed by atoms with Crippen molar-refractivity contribution in [2.24, 2.45) is 5.92 Å². The highest BCUT2D eigenvalue weighted by Gasteiger charge is 2.33. The Morgan fingerprint density at radius 1 is 1.30 bits per heavy atom. The number of nitrogens with zero attached hydrogens (tertiary/aromatic N) is 2. The van der Waals surface area contributed by atoms with Crippen molar-refractivity contribution in [2.75, 3.05) is 26.2 Å². The van der Waals surface area contributed by atoms with E-state index in [1.165, 1.54) is 10.9 Å². The Morgan fingerprint density at radius 2 is 2.07 bits per heavy atom. The molecule has 162 valence electrons. The van der Waals surface area contributed by atoms with Gasteiger partial charge in [-0.25, -0.2) is 4.39 Å². The molecule has 2 heterocycles. The number of hydrogen-bond donors (Lipinski definition) is 0. The summed E-state index contributed by atoms with van der Waals surface area (Å²) in [6.07, 6.45) is 1.15. The summed E-state index contributed by atoms with van der Waals surface area (Å²) < 4.78 is 19.8. The van der Waals surface area contributed by atoms with E-state index in [1.54, 1.807) is 39.3 Å². The summed E-state index contributed by atoms with van der Waals surface area (Å²) in [5.74, 6) is -0.0950. The lowest BCUT2D eigenvalue weighted by Gasteiger charge is -2.37. The Kier molecular flexibility index (Phi) is 7.48. The lowest BCUT2D eigenvalue weighted by atomic mass is 10.00. The lowest BCUT2D eigenvalue weighted by Crippen LogP contribution is -2.48. The maximum absolute atomic E-state index is 14.0. The number of fused-ring (bicyclic) bond motifs is 1. The van der Waals surface area contributed by atoms with Gasteiger partial charge in [0.15, 0.2) is 11.6 Å². The summed E-state index contributed by atoms with van der Waals surface area (Å²) in [5.41, 5.74) is 1.05. The molecular formula is C23H29FN2O3S. The summed E-state index contributed by atoms with van der Waals surface area (Å²) in [7, 11) is 0. The van der Waals surface area contributed by atoms with Crippen LogP contribution >= 0.6 is 11.3 Å². The topological polar surface area (TPSA) is 49.9 Å². The van der Waals surface area contributed by atoms with E-state index in [0.717, 1.165) is 12.0 Å². The molecule has 0 fully saturated rings. The molecule has 1 unspecified atom stereocenters. The van der Waals surface area contributed by atoms with E-state index in [4.69, 9.17) is 4.74 Å². The third-order valence-corrected chi connectivity index (χ3v) is 6.21. The summed E-state index contributed by atoms with van der Waals surface area (Å²) >= 11 is 1.67. The van der Waals surface area contributed by atoms with Crippen molar-refractivity contribution in [1.82, 2.24) is 9.80 Å². The van der Waals surface area contributed by atoms with Crippen molar-refractivity contribution in [3.63, 3.8) is 0 Å². The van der Waals surface area contributed by atoms with Crippen molar-refractivity contribution < 1.29 is 18.7 Å². The van der Waals surface area contributed by atoms with E-state index >= 15 is 0 Å². The maximum Gasteiger partial charge on any atom is 0.242 e. The molecule has 5 nitrogen and oxygen atoms in total. The van der Waals surface area contributed by atoms with Crippen molar-refractivity contribution >= 4 is 23.2 Å². The van der Waals surface area contributed by atoms with Gasteiger partial charge in [-0.15, -0.1) is 11.3 Å². The number of amides is 2. The van der Waals surface area contributed by atoms with Crippen LogP contribution in [0.15, 0.2) is 35.7 Å². The van der Waals surface area contributed by atoms with Gasteiger partial charge in [0.2, 0.25) is 11.8 Å². The SMILES string of the molecule is CCC(=O)N(CC(=O)N1CCc2sccc2C1COc1ccccc1F)CC(C)C. The third kappa shape index (κ3) is 5.19. The summed E-state index contributed by atoms with van der Waals surface area (Å²) in [6.45, 7) is 7.21. The molecule has 0 aliphatic carbocycles. The molecule has 0 bridgehead atoms. The van der Waals surface area contributed by atoms with Crippen LogP contribution in [-0.4, -0.2) is 47.9 Å². The molecule has 1 aliphatic rings. The molecule has 0 saturated heterocycles. The molecule has 3 rings (SSSR count). The van der Waals surface area contributed by atoms with Crippen molar-refractivity contribution in [1.29, 1.82) is 0 Å². The Labute approximate surface area is 181 Å². The Bertz CT molecular complexity index is 883. The van der Waals surface area contributed by atoms with E-state index in [1.807, 2.05) is 32.2 Å². The number of carbonyl (C=O) groups excluding carboxylic acids is 2. The summed E-state index contributed by atoms with van der Waals surface area (Å²) in [6, 6.07) is 7.99. The molecule has 1 aromatic carbocycles. The summed E-state index contributed by atoms with van der Waals surface area (Å²) in [5, 5.41) is 2.01. The van der Waals surface area contributed by atoms with Crippen molar-refractivity contribution in [3.8, 4) is 5.75 Å². The van der Waals surface area contributed by atoms with E-state index in [2.05, 4.69) is 0 Å². The van der Waals surface area contributed by atoms with Crippen LogP contribution in [0.4, 0.5) is 4.39 Å². The normalized spacial score (nSPS) is 15.8. The number of benzene rings is 1. The molecule has 1 atom stereocenters. The average Bonchev–Trinajstić information content (AvgIpc) is 3.20.